The Bertz CT molecular complexity index is 539. The van der Waals surface area contributed by atoms with Crippen LogP contribution < -0.4 is 5.32 Å². The van der Waals surface area contributed by atoms with Crippen LogP contribution in [0, 0.1) is 5.41 Å². The van der Waals surface area contributed by atoms with Crippen molar-refractivity contribution in [3.05, 3.63) is 57.2 Å². The highest BCUT2D eigenvalue weighted by atomic mass is 35.5. The molecule has 2 aromatic rings. The second-order valence-electron chi connectivity index (χ2n) is 5.95. The first-order valence-corrected chi connectivity index (χ1v) is 8.31. The van der Waals surface area contributed by atoms with Crippen LogP contribution in [0.3, 0.4) is 0 Å². The molecule has 0 atom stereocenters. The van der Waals surface area contributed by atoms with Gasteiger partial charge in [0.15, 0.2) is 0 Å². The van der Waals surface area contributed by atoms with Crippen molar-refractivity contribution in [2.75, 3.05) is 13.2 Å². The fourth-order valence-electron chi connectivity index (χ4n) is 2.05. The van der Waals surface area contributed by atoms with Gasteiger partial charge in [-0.1, -0.05) is 55.8 Å². The highest BCUT2D eigenvalue weighted by molar-refractivity contribution is 7.16. The van der Waals surface area contributed by atoms with E-state index in [9.17, 15) is 0 Å². The lowest BCUT2D eigenvalue weighted by Gasteiger charge is -2.24. The van der Waals surface area contributed by atoms with Crippen LogP contribution in [0.5, 0.6) is 0 Å². The average Bonchev–Trinajstić information content (AvgIpc) is 2.85. The van der Waals surface area contributed by atoms with Crippen LogP contribution >= 0.6 is 22.9 Å². The first kappa shape index (κ1) is 16.5. The third-order valence-corrected chi connectivity index (χ3v) is 4.35. The van der Waals surface area contributed by atoms with Gasteiger partial charge >= 0.3 is 0 Å². The van der Waals surface area contributed by atoms with E-state index in [2.05, 4.69) is 43.4 Å². The van der Waals surface area contributed by atoms with E-state index in [-0.39, 0.29) is 5.41 Å². The first-order chi connectivity index (χ1) is 10.1. The van der Waals surface area contributed by atoms with Crippen LogP contribution in [0.2, 0.25) is 4.34 Å². The predicted octanol–water partition coefficient (Wildman–Crippen LogP) is 4.73. The first-order valence-electron chi connectivity index (χ1n) is 7.12. The summed E-state index contributed by atoms with van der Waals surface area (Å²) in [7, 11) is 0. The average molecular weight is 324 g/mol. The fourth-order valence-corrected chi connectivity index (χ4v) is 3.07. The quantitative estimate of drug-likeness (QED) is 0.758. The maximum Gasteiger partial charge on any atom is 0.0932 e. The van der Waals surface area contributed by atoms with Crippen molar-refractivity contribution in [3.63, 3.8) is 0 Å². The number of ether oxygens (including phenoxy) is 1. The summed E-state index contributed by atoms with van der Waals surface area (Å²) < 4.78 is 6.63. The third-order valence-electron chi connectivity index (χ3n) is 3.14. The molecule has 2 nitrogen and oxygen atoms in total. The Morgan fingerprint density at radius 1 is 1.14 bits per heavy atom. The second kappa shape index (κ2) is 7.95. The number of halogens is 1. The Hall–Kier alpha value is -0.870. The molecule has 2 rings (SSSR count). The van der Waals surface area contributed by atoms with Crippen LogP contribution in [0.1, 0.15) is 24.3 Å². The zero-order chi connectivity index (χ0) is 15.1. The number of hydrogen-bond donors (Lipinski definition) is 1. The summed E-state index contributed by atoms with van der Waals surface area (Å²) in [6, 6.07) is 14.4. The van der Waals surface area contributed by atoms with Crippen molar-refractivity contribution in [1.82, 2.24) is 5.32 Å². The zero-order valence-corrected chi connectivity index (χ0v) is 14.1. The lowest BCUT2D eigenvalue weighted by atomic mass is 9.95. The maximum absolute atomic E-state index is 5.91. The number of hydrogen-bond acceptors (Lipinski definition) is 3. The molecule has 0 saturated heterocycles. The van der Waals surface area contributed by atoms with Gasteiger partial charge in [0.05, 0.1) is 17.6 Å². The van der Waals surface area contributed by atoms with Crippen molar-refractivity contribution in [3.8, 4) is 0 Å². The van der Waals surface area contributed by atoms with Crippen LogP contribution in [-0.4, -0.2) is 13.2 Å². The second-order valence-corrected chi connectivity index (χ2v) is 7.75. The summed E-state index contributed by atoms with van der Waals surface area (Å²) in [6.45, 7) is 7.61. The van der Waals surface area contributed by atoms with Gasteiger partial charge in [-0.15, -0.1) is 11.3 Å². The van der Waals surface area contributed by atoms with Crippen molar-refractivity contribution in [2.24, 2.45) is 5.41 Å². The van der Waals surface area contributed by atoms with Crippen molar-refractivity contribution in [2.45, 2.75) is 27.0 Å². The minimum absolute atomic E-state index is 0.107. The number of thiophene rings is 1. The smallest absolute Gasteiger partial charge is 0.0932 e. The van der Waals surface area contributed by atoms with Gasteiger partial charge in [0.25, 0.3) is 0 Å². The standard InChI is InChI=1S/C17H22ClNOS/c1-17(2,12-19-10-14-6-4-3-5-7-14)13-20-11-15-8-9-16(18)21-15/h3-9,19H,10-13H2,1-2H3. The summed E-state index contributed by atoms with van der Waals surface area (Å²) in [5, 5.41) is 3.50. The molecule has 0 radical (unpaired) electrons. The van der Waals surface area contributed by atoms with Gasteiger partial charge in [-0.05, 0) is 17.7 Å². The van der Waals surface area contributed by atoms with E-state index in [0.717, 1.165) is 24.0 Å². The Balaban J connectivity index is 1.66. The normalized spacial score (nSPS) is 11.8. The Kier molecular flexibility index (Phi) is 6.24. The lowest BCUT2D eigenvalue weighted by Crippen LogP contribution is -2.32. The lowest BCUT2D eigenvalue weighted by molar-refractivity contribution is 0.0525. The molecule has 0 aliphatic carbocycles. The molecule has 0 amide bonds. The molecule has 0 bridgehead atoms. The third kappa shape index (κ3) is 6.18. The minimum atomic E-state index is 0.107. The van der Waals surface area contributed by atoms with Crippen LogP contribution in [0.15, 0.2) is 42.5 Å². The molecule has 0 aliphatic rings. The summed E-state index contributed by atoms with van der Waals surface area (Å²) in [5.74, 6) is 0. The molecule has 21 heavy (non-hydrogen) atoms. The van der Waals surface area contributed by atoms with Crippen molar-refractivity contribution in [1.29, 1.82) is 0 Å². The molecule has 1 N–H and O–H groups in total. The molecule has 0 unspecified atom stereocenters. The largest absolute Gasteiger partial charge is 0.375 e. The van der Waals surface area contributed by atoms with Crippen molar-refractivity contribution < 1.29 is 4.74 Å². The van der Waals surface area contributed by atoms with E-state index in [1.165, 1.54) is 10.4 Å². The number of benzene rings is 1. The topological polar surface area (TPSA) is 21.3 Å². The van der Waals surface area contributed by atoms with E-state index in [1.54, 1.807) is 11.3 Å². The Morgan fingerprint density at radius 3 is 2.57 bits per heavy atom. The molecule has 1 aromatic carbocycles. The van der Waals surface area contributed by atoms with Crippen LogP contribution in [-0.2, 0) is 17.9 Å². The molecular formula is C17H22ClNOS. The van der Waals surface area contributed by atoms with Crippen molar-refractivity contribution >= 4 is 22.9 Å². The van der Waals surface area contributed by atoms with E-state index < -0.39 is 0 Å². The monoisotopic (exact) mass is 323 g/mol. The molecule has 114 valence electrons. The molecule has 1 aromatic heterocycles. The minimum Gasteiger partial charge on any atom is -0.375 e. The highest BCUT2D eigenvalue weighted by Gasteiger charge is 2.17. The number of rotatable bonds is 8. The highest BCUT2D eigenvalue weighted by Crippen LogP contribution is 2.23. The van der Waals surface area contributed by atoms with E-state index in [1.807, 2.05) is 18.2 Å². The molecule has 1 heterocycles. The van der Waals surface area contributed by atoms with Crippen LogP contribution in [0.25, 0.3) is 0 Å². The van der Waals surface area contributed by atoms with Gasteiger partial charge in [0.1, 0.15) is 0 Å². The predicted molar refractivity (Wildman–Crippen MR) is 90.9 cm³/mol. The van der Waals surface area contributed by atoms with E-state index >= 15 is 0 Å². The summed E-state index contributed by atoms with van der Waals surface area (Å²) >= 11 is 7.49. The van der Waals surface area contributed by atoms with Gasteiger partial charge in [-0.25, -0.2) is 0 Å². The fraction of sp³-hybridized carbons (Fsp3) is 0.412. The van der Waals surface area contributed by atoms with Gasteiger partial charge < -0.3 is 10.1 Å². The molecule has 0 spiro atoms. The SMILES string of the molecule is CC(C)(CNCc1ccccc1)COCc1ccc(Cl)s1. The molecule has 0 saturated carbocycles. The van der Waals surface area contributed by atoms with E-state index in [0.29, 0.717) is 6.61 Å². The van der Waals surface area contributed by atoms with Gasteiger partial charge in [0.2, 0.25) is 0 Å². The van der Waals surface area contributed by atoms with E-state index in [4.69, 9.17) is 16.3 Å². The summed E-state index contributed by atoms with van der Waals surface area (Å²) in [5.41, 5.74) is 1.41. The Labute approximate surface area is 136 Å². The number of nitrogens with one attached hydrogen (secondary N) is 1. The molecule has 4 heteroatoms. The van der Waals surface area contributed by atoms with Crippen LogP contribution in [0.4, 0.5) is 0 Å². The van der Waals surface area contributed by atoms with Gasteiger partial charge in [-0.2, -0.15) is 0 Å². The summed E-state index contributed by atoms with van der Waals surface area (Å²) in [4.78, 5) is 1.17. The molecule has 0 fully saturated rings. The Morgan fingerprint density at radius 2 is 1.90 bits per heavy atom. The maximum atomic E-state index is 5.91. The van der Waals surface area contributed by atoms with Gasteiger partial charge in [-0.3, -0.25) is 0 Å². The molecular weight excluding hydrogens is 302 g/mol. The zero-order valence-electron chi connectivity index (χ0n) is 12.6. The summed E-state index contributed by atoms with van der Waals surface area (Å²) in [6.07, 6.45) is 0. The molecule has 0 aliphatic heterocycles. The van der Waals surface area contributed by atoms with Gasteiger partial charge in [0, 0.05) is 23.4 Å².